The molecule has 8 heteroatoms. The Labute approximate surface area is 104 Å². The van der Waals surface area contributed by atoms with Crippen molar-refractivity contribution in [2.24, 2.45) is 5.84 Å². The number of nitrogens with one attached hydrogen (secondary N) is 3. The molecule has 0 unspecified atom stereocenters. The van der Waals surface area contributed by atoms with Gasteiger partial charge in [-0.2, -0.15) is 4.98 Å². The lowest BCUT2D eigenvalue weighted by atomic mass is 10.4. The second kappa shape index (κ2) is 6.87. The summed E-state index contributed by atoms with van der Waals surface area (Å²) < 4.78 is 0. The molecule has 1 heterocycles. The Morgan fingerprint density at radius 2 is 2.35 bits per heavy atom. The number of carbonyl (C=O) groups excluding carboxylic acids is 1. The Morgan fingerprint density at radius 3 is 3.00 bits per heavy atom. The zero-order valence-corrected chi connectivity index (χ0v) is 10.2. The fourth-order valence-corrected chi connectivity index (χ4v) is 1.30. The van der Waals surface area contributed by atoms with Crippen molar-refractivity contribution in [2.45, 2.75) is 13.3 Å². The number of anilines is 2. The second-order valence-electron chi connectivity index (χ2n) is 3.16. The number of carbonyl (C=O) groups is 1. The Hall–Kier alpha value is -1.60. The molecular formula is C9H15ClN6O. The van der Waals surface area contributed by atoms with Crippen LogP contribution in [-0.2, 0) is 4.79 Å². The maximum absolute atomic E-state index is 11.2. The number of nitrogens with two attached hydrogens (primary N) is 1. The van der Waals surface area contributed by atoms with E-state index < -0.39 is 0 Å². The first kappa shape index (κ1) is 13.5. The van der Waals surface area contributed by atoms with Gasteiger partial charge >= 0.3 is 0 Å². The van der Waals surface area contributed by atoms with Gasteiger partial charge in [0.05, 0.1) is 6.20 Å². The Morgan fingerprint density at radius 1 is 1.59 bits per heavy atom. The number of amides is 1. The highest BCUT2D eigenvalue weighted by atomic mass is 35.5. The van der Waals surface area contributed by atoms with Crippen molar-refractivity contribution in [2.75, 3.05) is 23.8 Å². The van der Waals surface area contributed by atoms with Crippen LogP contribution >= 0.6 is 11.6 Å². The molecule has 0 aliphatic rings. The van der Waals surface area contributed by atoms with Gasteiger partial charge in [0.2, 0.25) is 11.9 Å². The molecule has 1 rings (SSSR count). The van der Waals surface area contributed by atoms with Crippen LogP contribution in [0.3, 0.4) is 0 Å². The van der Waals surface area contributed by atoms with E-state index in [-0.39, 0.29) is 11.9 Å². The number of nitrogens with zero attached hydrogens (tertiary/aromatic N) is 2. The number of nitrogen functional groups attached to an aromatic ring is 1. The first-order chi connectivity index (χ1) is 8.17. The highest BCUT2D eigenvalue weighted by Gasteiger charge is 2.05. The minimum Gasteiger partial charge on any atom is -0.368 e. The molecule has 0 atom stereocenters. The molecule has 0 saturated heterocycles. The molecule has 0 aliphatic carbocycles. The van der Waals surface area contributed by atoms with Gasteiger partial charge in [0.15, 0.2) is 5.82 Å². The van der Waals surface area contributed by atoms with E-state index in [9.17, 15) is 4.79 Å². The normalized spacial score (nSPS) is 9.82. The first-order valence-electron chi connectivity index (χ1n) is 5.17. The summed E-state index contributed by atoms with van der Waals surface area (Å²) in [4.78, 5) is 19.0. The van der Waals surface area contributed by atoms with E-state index in [2.05, 4.69) is 26.0 Å². The van der Waals surface area contributed by atoms with Crippen LogP contribution in [0.1, 0.15) is 13.3 Å². The van der Waals surface area contributed by atoms with E-state index in [1.807, 2.05) is 6.92 Å². The van der Waals surface area contributed by atoms with Gasteiger partial charge in [0, 0.05) is 19.5 Å². The summed E-state index contributed by atoms with van der Waals surface area (Å²) in [6, 6.07) is 0. The lowest BCUT2D eigenvalue weighted by molar-refractivity contribution is -0.120. The molecule has 0 spiro atoms. The SMILES string of the molecule is CCNC(=O)CCNc1nc(NN)ncc1Cl. The standard InChI is InChI=1S/C9H15ClN6O/c1-2-12-7(17)3-4-13-8-6(10)5-14-9(15-8)16-11/h5H,2-4,11H2,1H3,(H,12,17)(H2,13,14,15,16). The number of rotatable bonds is 6. The van der Waals surface area contributed by atoms with E-state index in [1.54, 1.807) is 0 Å². The summed E-state index contributed by atoms with van der Waals surface area (Å²) in [5.74, 6) is 5.85. The van der Waals surface area contributed by atoms with Crippen LogP contribution in [0.25, 0.3) is 0 Å². The van der Waals surface area contributed by atoms with Crippen LogP contribution in [0.2, 0.25) is 5.02 Å². The third-order valence-electron chi connectivity index (χ3n) is 1.89. The minimum atomic E-state index is -0.0256. The largest absolute Gasteiger partial charge is 0.368 e. The molecule has 17 heavy (non-hydrogen) atoms. The molecule has 5 N–H and O–H groups in total. The number of halogens is 1. The quantitative estimate of drug-likeness (QED) is 0.434. The van der Waals surface area contributed by atoms with Gasteiger partial charge in [-0.15, -0.1) is 0 Å². The van der Waals surface area contributed by atoms with E-state index in [1.165, 1.54) is 6.20 Å². The molecule has 1 amide bonds. The number of hydrogen-bond donors (Lipinski definition) is 4. The number of hydrogen-bond acceptors (Lipinski definition) is 6. The minimum absolute atomic E-state index is 0.0256. The summed E-state index contributed by atoms with van der Waals surface area (Å²) in [6.07, 6.45) is 1.78. The predicted molar refractivity (Wildman–Crippen MR) is 66.6 cm³/mol. The topological polar surface area (TPSA) is 105 Å². The molecule has 0 radical (unpaired) electrons. The van der Waals surface area contributed by atoms with Crippen molar-refractivity contribution in [1.82, 2.24) is 15.3 Å². The molecule has 1 aromatic heterocycles. The van der Waals surface area contributed by atoms with Crippen molar-refractivity contribution in [3.05, 3.63) is 11.2 Å². The monoisotopic (exact) mass is 258 g/mol. The zero-order chi connectivity index (χ0) is 12.7. The van der Waals surface area contributed by atoms with Gasteiger partial charge < -0.3 is 10.6 Å². The van der Waals surface area contributed by atoms with Crippen molar-refractivity contribution in [1.29, 1.82) is 0 Å². The predicted octanol–water partition coefficient (Wildman–Crippen LogP) is 0.354. The van der Waals surface area contributed by atoms with E-state index in [0.29, 0.717) is 30.4 Å². The molecule has 94 valence electrons. The maximum atomic E-state index is 11.2. The zero-order valence-electron chi connectivity index (χ0n) is 9.46. The summed E-state index contributed by atoms with van der Waals surface area (Å²) in [5.41, 5.74) is 2.31. The van der Waals surface area contributed by atoms with Crippen molar-refractivity contribution >= 4 is 29.3 Å². The molecule has 0 saturated carbocycles. The second-order valence-corrected chi connectivity index (χ2v) is 3.57. The third-order valence-corrected chi connectivity index (χ3v) is 2.17. The summed E-state index contributed by atoms with van der Waals surface area (Å²) in [6.45, 7) is 2.92. The van der Waals surface area contributed by atoms with Crippen molar-refractivity contribution in [3.8, 4) is 0 Å². The van der Waals surface area contributed by atoms with E-state index in [4.69, 9.17) is 17.4 Å². The van der Waals surface area contributed by atoms with Crippen LogP contribution in [0.4, 0.5) is 11.8 Å². The number of aromatic nitrogens is 2. The van der Waals surface area contributed by atoms with Gasteiger partial charge in [0.1, 0.15) is 5.02 Å². The van der Waals surface area contributed by atoms with Crippen molar-refractivity contribution < 1.29 is 4.79 Å². The highest BCUT2D eigenvalue weighted by molar-refractivity contribution is 6.32. The van der Waals surface area contributed by atoms with Crippen LogP contribution < -0.4 is 21.9 Å². The average Bonchev–Trinajstić information content (AvgIpc) is 2.32. The molecule has 7 nitrogen and oxygen atoms in total. The Kier molecular flexibility index (Phi) is 5.44. The maximum Gasteiger partial charge on any atom is 0.239 e. The molecule has 0 bridgehead atoms. The smallest absolute Gasteiger partial charge is 0.239 e. The molecule has 0 fully saturated rings. The van der Waals surface area contributed by atoms with Gasteiger partial charge in [-0.3, -0.25) is 10.2 Å². The Bertz CT molecular complexity index is 386. The lowest BCUT2D eigenvalue weighted by Crippen LogP contribution is -2.25. The number of hydrazine groups is 1. The molecular weight excluding hydrogens is 244 g/mol. The van der Waals surface area contributed by atoms with Crippen molar-refractivity contribution in [3.63, 3.8) is 0 Å². The molecule has 1 aromatic rings. The Balaban J connectivity index is 2.48. The summed E-state index contributed by atoms with van der Waals surface area (Å²) >= 11 is 5.87. The van der Waals surface area contributed by atoms with Crippen LogP contribution in [0.15, 0.2) is 6.20 Å². The first-order valence-corrected chi connectivity index (χ1v) is 5.55. The summed E-state index contributed by atoms with van der Waals surface area (Å²) in [7, 11) is 0. The van der Waals surface area contributed by atoms with Crippen LogP contribution in [0.5, 0.6) is 0 Å². The van der Waals surface area contributed by atoms with Gasteiger partial charge in [-0.1, -0.05) is 11.6 Å². The van der Waals surface area contributed by atoms with Gasteiger partial charge in [-0.25, -0.2) is 10.8 Å². The highest BCUT2D eigenvalue weighted by Crippen LogP contribution is 2.18. The lowest BCUT2D eigenvalue weighted by Gasteiger charge is -2.08. The molecule has 0 aromatic carbocycles. The summed E-state index contributed by atoms with van der Waals surface area (Å²) in [5, 5.41) is 6.00. The van der Waals surface area contributed by atoms with E-state index in [0.717, 1.165) is 0 Å². The van der Waals surface area contributed by atoms with Gasteiger partial charge in [0.25, 0.3) is 0 Å². The van der Waals surface area contributed by atoms with Gasteiger partial charge in [-0.05, 0) is 6.92 Å². The van der Waals surface area contributed by atoms with Crippen LogP contribution in [-0.4, -0.2) is 29.0 Å². The van der Waals surface area contributed by atoms with Crippen LogP contribution in [0, 0.1) is 0 Å². The average molecular weight is 259 g/mol. The fourth-order valence-electron chi connectivity index (χ4n) is 1.14. The van der Waals surface area contributed by atoms with E-state index >= 15 is 0 Å². The fraction of sp³-hybridized carbons (Fsp3) is 0.444. The third kappa shape index (κ3) is 4.41. The molecule has 0 aliphatic heterocycles.